The van der Waals surface area contributed by atoms with Gasteiger partial charge < -0.3 is 0 Å². The van der Waals surface area contributed by atoms with Crippen molar-refractivity contribution in [2.45, 2.75) is 0 Å². The van der Waals surface area contributed by atoms with E-state index in [1.807, 2.05) is 60.7 Å². The standard InChI is InChI=1S/C19H10N2OS/c22-19-17(13-11-15-7-3-1-4-8-15)20-23-21-18(19)14-12-16-9-5-2-6-10-16/h1-10H. The van der Waals surface area contributed by atoms with Crippen molar-refractivity contribution in [2.75, 3.05) is 0 Å². The summed E-state index contributed by atoms with van der Waals surface area (Å²) in [6.45, 7) is 0. The van der Waals surface area contributed by atoms with Gasteiger partial charge in [-0.3, -0.25) is 4.79 Å². The van der Waals surface area contributed by atoms with Crippen molar-refractivity contribution in [1.29, 1.82) is 0 Å². The molecule has 1 aromatic heterocycles. The first kappa shape index (κ1) is 14.7. The molecule has 0 aliphatic rings. The fraction of sp³-hybridized carbons (Fsp3) is 0. The average Bonchev–Trinajstić information content (AvgIpc) is 2.61. The first-order valence-electron chi connectivity index (χ1n) is 6.84. The molecule has 108 valence electrons. The first-order valence-corrected chi connectivity index (χ1v) is 7.57. The van der Waals surface area contributed by atoms with Gasteiger partial charge in [0.25, 0.3) is 0 Å². The zero-order valence-corrected chi connectivity index (χ0v) is 12.8. The second kappa shape index (κ2) is 7.17. The summed E-state index contributed by atoms with van der Waals surface area (Å²) in [4.78, 5) is 12.3. The zero-order chi connectivity index (χ0) is 15.9. The number of hydrogen-bond acceptors (Lipinski definition) is 4. The minimum atomic E-state index is -0.337. The van der Waals surface area contributed by atoms with E-state index in [1.165, 1.54) is 0 Å². The summed E-state index contributed by atoms with van der Waals surface area (Å²) in [5.74, 6) is 11.4. The third-order valence-electron chi connectivity index (χ3n) is 2.89. The van der Waals surface area contributed by atoms with E-state index in [2.05, 4.69) is 32.4 Å². The molecule has 4 heteroatoms. The number of aromatic nitrogens is 2. The summed E-state index contributed by atoms with van der Waals surface area (Å²) in [7, 11) is 0. The van der Waals surface area contributed by atoms with Gasteiger partial charge in [-0.1, -0.05) is 48.2 Å². The van der Waals surface area contributed by atoms with Crippen molar-refractivity contribution in [3.05, 3.63) is 93.4 Å². The van der Waals surface area contributed by atoms with Crippen LogP contribution in [0, 0.1) is 23.7 Å². The van der Waals surface area contributed by atoms with Crippen LogP contribution in [0.3, 0.4) is 0 Å². The van der Waals surface area contributed by atoms with Crippen LogP contribution in [0.4, 0.5) is 0 Å². The van der Waals surface area contributed by atoms with Crippen molar-refractivity contribution < 1.29 is 0 Å². The normalized spacial score (nSPS) is 9.22. The summed E-state index contributed by atoms with van der Waals surface area (Å²) in [6.07, 6.45) is 0. The third-order valence-corrected chi connectivity index (χ3v) is 3.42. The fourth-order valence-corrected chi connectivity index (χ4v) is 2.22. The van der Waals surface area contributed by atoms with E-state index in [9.17, 15) is 4.79 Å². The summed E-state index contributed by atoms with van der Waals surface area (Å²) in [6, 6.07) is 18.9. The Morgan fingerprint density at radius 3 is 1.52 bits per heavy atom. The van der Waals surface area contributed by atoms with Crippen molar-refractivity contribution in [1.82, 2.24) is 8.75 Å². The van der Waals surface area contributed by atoms with Crippen molar-refractivity contribution in [3.8, 4) is 23.7 Å². The van der Waals surface area contributed by atoms with E-state index in [4.69, 9.17) is 0 Å². The highest BCUT2D eigenvalue weighted by Gasteiger charge is 2.04. The monoisotopic (exact) mass is 314 g/mol. The van der Waals surface area contributed by atoms with Crippen LogP contribution < -0.4 is 5.43 Å². The largest absolute Gasteiger partial charge is 0.283 e. The number of benzene rings is 2. The SMILES string of the molecule is O=c1c(C#Cc2ccccc2)nsnc1C#Cc1ccccc1. The molecule has 1 heterocycles. The second-order valence-corrected chi connectivity index (χ2v) is 5.05. The van der Waals surface area contributed by atoms with Crippen molar-refractivity contribution in [3.63, 3.8) is 0 Å². The molecule has 0 saturated carbocycles. The molecule has 0 bridgehead atoms. The Balaban J connectivity index is 1.93. The average molecular weight is 314 g/mol. The smallest absolute Gasteiger partial charge is 0.249 e. The molecule has 3 aromatic rings. The summed E-state index contributed by atoms with van der Waals surface area (Å²) < 4.78 is 7.97. The Morgan fingerprint density at radius 2 is 1.09 bits per heavy atom. The molecule has 0 atom stereocenters. The van der Waals surface area contributed by atoms with Crippen molar-refractivity contribution >= 4 is 11.7 Å². The van der Waals surface area contributed by atoms with E-state index in [-0.39, 0.29) is 16.8 Å². The Morgan fingerprint density at radius 1 is 0.652 bits per heavy atom. The van der Waals surface area contributed by atoms with Gasteiger partial charge in [0.2, 0.25) is 5.43 Å². The molecule has 23 heavy (non-hydrogen) atoms. The van der Waals surface area contributed by atoms with Crippen LogP contribution in [0.15, 0.2) is 65.5 Å². The fourth-order valence-electron chi connectivity index (χ4n) is 1.76. The van der Waals surface area contributed by atoms with E-state index in [1.54, 1.807) is 0 Å². The van der Waals surface area contributed by atoms with Gasteiger partial charge in [-0.2, -0.15) is 8.75 Å². The van der Waals surface area contributed by atoms with Crippen LogP contribution in [0.1, 0.15) is 22.5 Å². The van der Waals surface area contributed by atoms with Crippen LogP contribution >= 0.6 is 11.7 Å². The number of rotatable bonds is 0. The van der Waals surface area contributed by atoms with Crippen LogP contribution in [-0.2, 0) is 0 Å². The molecule has 0 unspecified atom stereocenters. The highest BCUT2D eigenvalue weighted by molar-refractivity contribution is 6.99. The Hall–Kier alpha value is -3.21. The van der Waals surface area contributed by atoms with Gasteiger partial charge in [0.15, 0.2) is 11.4 Å². The summed E-state index contributed by atoms with van der Waals surface area (Å²) in [5.41, 5.74) is 1.66. The number of hydrogen-bond donors (Lipinski definition) is 0. The first-order chi connectivity index (χ1) is 11.3. The Labute approximate surface area is 138 Å². The van der Waals surface area contributed by atoms with Gasteiger partial charge >= 0.3 is 0 Å². The molecular weight excluding hydrogens is 304 g/mol. The maximum atomic E-state index is 12.3. The van der Waals surface area contributed by atoms with Gasteiger partial charge in [-0.15, -0.1) is 0 Å². The van der Waals surface area contributed by atoms with E-state index in [0.717, 1.165) is 22.9 Å². The molecule has 0 saturated heterocycles. The summed E-state index contributed by atoms with van der Waals surface area (Å²) >= 11 is 0.935. The van der Waals surface area contributed by atoms with Gasteiger partial charge in [0.05, 0.1) is 11.7 Å². The molecule has 3 rings (SSSR count). The molecule has 3 nitrogen and oxygen atoms in total. The Bertz CT molecular complexity index is 909. The molecule has 2 aromatic carbocycles. The second-order valence-electron chi connectivity index (χ2n) is 4.52. The molecule has 0 fully saturated rings. The van der Waals surface area contributed by atoms with Gasteiger partial charge in [-0.25, -0.2) is 0 Å². The molecule has 0 aliphatic carbocycles. The minimum absolute atomic E-state index is 0.172. The quantitative estimate of drug-likeness (QED) is 0.599. The third kappa shape index (κ3) is 3.91. The molecule has 0 N–H and O–H groups in total. The molecule has 0 amide bonds. The van der Waals surface area contributed by atoms with Gasteiger partial charge in [0, 0.05) is 11.1 Å². The van der Waals surface area contributed by atoms with Gasteiger partial charge in [0.1, 0.15) is 0 Å². The highest BCUT2D eigenvalue weighted by Crippen LogP contribution is 1.98. The number of nitrogens with zero attached hydrogens (tertiary/aromatic N) is 2. The predicted molar refractivity (Wildman–Crippen MR) is 91.0 cm³/mol. The van der Waals surface area contributed by atoms with E-state index < -0.39 is 0 Å². The summed E-state index contributed by atoms with van der Waals surface area (Å²) in [5, 5.41) is 0. The maximum absolute atomic E-state index is 12.3. The molecule has 0 spiro atoms. The van der Waals surface area contributed by atoms with E-state index >= 15 is 0 Å². The highest BCUT2D eigenvalue weighted by atomic mass is 32.1. The lowest BCUT2D eigenvalue weighted by Gasteiger charge is -1.90. The lowest BCUT2D eigenvalue weighted by molar-refractivity contribution is 1.28. The van der Waals surface area contributed by atoms with E-state index in [0.29, 0.717) is 0 Å². The maximum Gasteiger partial charge on any atom is 0.249 e. The molecular formula is C19H10N2OS. The molecule has 0 radical (unpaired) electrons. The van der Waals surface area contributed by atoms with Crippen LogP contribution in [0.25, 0.3) is 0 Å². The predicted octanol–water partition coefficient (Wildman–Crippen LogP) is 2.70. The van der Waals surface area contributed by atoms with Crippen LogP contribution in [0.5, 0.6) is 0 Å². The van der Waals surface area contributed by atoms with Gasteiger partial charge in [-0.05, 0) is 36.1 Å². The topological polar surface area (TPSA) is 42.9 Å². The van der Waals surface area contributed by atoms with Crippen LogP contribution in [0.2, 0.25) is 0 Å². The van der Waals surface area contributed by atoms with Crippen LogP contribution in [-0.4, -0.2) is 8.75 Å². The van der Waals surface area contributed by atoms with Crippen molar-refractivity contribution in [2.24, 2.45) is 0 Å². The zero-order valence-electron chi connectivity index (χ0n) is 12.0. The Kier molecular flexibility index (Phi) is 4.59. The lowest BCUT2D eigenvalue weighted by atomic mass is 10.2. The molecule has 0 aliphatic heterocycles. The minimum Gasteiger partial charge on any atom is -0.283 e. The lowest BCUT2D eigenvalue weighted by Crippen LogP contribution is -2.12.